The smallest absolute Gasteiger partial charge is 0.254 e. The van der Waals surface area contributed by atoms with E-state index >= 15 is 0 Å². The number of carbonyl (C=O) groups excluding carboxylic acids is 1. The van der Waals surface area contributed by atoms with Crippen LogP contribution in [0.3, 0.4) is 0 Å². The van der Waals surface area contributed by atoms with E-state index in [9.17, 15) is 4.79 Å². The molecule has 1 fully saturated rings. The van der Waals surface area contributed by atoms with Gasteiger partial charge in [0, 0.05) is 43.3 Å². The van der Waals surface area contributed by atoms with Gasteiger partial charge in [0.1, 0.15) is 0 Å². The molecule has 3 nitrogen and oxygen atoms in total. The Labute approximate surface area is 117 Å². The van der Waals surface area contributed by atoms with Gasteiger partial charge < -0.3 is 9.80 Å². The fraction of sp³-hybridized carbons (Fsp3) is 0.500. The minimum absolute atomic E-state index is 0.153. The van der Waals surface area contributed by atoms with Crippen molar-refractivity contribution in [1.29, 1.82) is 0 Å². The Kier molecular flexibility index (Phi) is 4.27. The Morgan fingerprint density at radius 1 is 1.50 bits per heavy atom. The number of amides is 1. The van der Waals surface area contributed by atoms with Crippen LogP contribution < -0.4 is 4.90 Å². The SMILES string of the molecule is CN(C)c1cccc(C(=O)N2CCCC2CBr)c1. The molecule has 0 bridgehead atoms. The van der Waals surface area contributed by atoms with Crippen LogP contribution in [-0.4, -0.2) is 42.8 Å². The number of rotatable bonds is 3. The van der Waals surface area contributed by atoms with E-state index in [1.165, 1.54) is 0 Å². The fourth-order valence-corrected chi connectivity index (χ4v) is 3.02. The summed E-state index contributed by atoms with van der Waals surface area (Å²) >= 11 is 3.49. The van der Waals surface area contributed by atoms with E-state index in [2.05, 4.69) is 15.9 Å². The first-order valence-corrected chi connectivity index (χ1v) is 7.40. The average Bonchev–Trinajstić information content (AvgIpc) is 2.86. The van der Waals surface area contributed by atoms with Crippen LogP contribution in [0.1, 0.15) is 23.2 Å². The highest BCUT2D eigenvalue weighted by molar-refractivity contribution is 9.09. The number of anilines is 1. The Bertz CT molecular complexity index is 434. The molecule has 0 N–H and O–H groups in total. The molecular formula is C14H19BrN2O. The molecule has 2 rings (SSSR count). The van der Waals surface area contributed by atoms with Gasteiger partial charge >= 0.3 is 0 Å². The molecule has 0 aromatic heterocycles. The van der Waals surface area contributed by atoms with Crippen molar-refractivity contribution in [3.63, 3.8) is 0 Å². The average molecular weight is 311 g/mol. The summed E-state index contributed by atoms with van der Waals surface area (Å²) in [5, 5.41) is 0.867. The van der Waals surface area contributed by atoms with Gasteiger partial charge in [0.15, 0.2) is 0 Å². The number of halogens is 1. The first-order chi connectivity index (χ1) is 8.63. The molecule has 0 saturated carbocycles. The molecule has 0 aliphatic carbocycles. The highest BCUT2D eigenvalue weighted by atomic mass is 79.9. The lowest BCUT2D eigenvalue weighted by atomic mass is 10.1. The molecule has 1 amide bonds. The van der Waals surface area contributed by atoms with Crippen LogP contribution in [0.5, 0.6) is 0 Å². The second kappa shape index (κ2) is 5.74. The predicted octanol–water partition coefficient (Wildman–Crippen LogP) is 2.75. The quantitative estimate of drug-likeness (QED) is 0.802. The summed E-state index contributed by atoms with van der Waals surface area (Å²) in [6.45, 7) is 0.876. The zero-order valence-corrected chi connectivity index (χ0v) is 12.5. The second-order valence-electron chi connectivity index (χ2n) is 4.89. The summed E-state index contributed by atoms with van der Waals surface area (Å²) in [4.78, 5) is 16.5. The molecule has 0 radical (unpaired) electrons. The molecule has 18 heavy (non-hydrogen) atoms. The van der Waals surface area contributed by atoms with Gasteiger partial charge in [0.05, 0.1) is 0 Å². The summed E-state index contributed by atoms with van der Waals surface area (Å²) < 4.78 is 0. The van der Waals surface area contributed by atoms with E-state index < -0.39 is 0 Å². The first kappa shape index (κ1) is 13.4. The van der Waals surface area contributed by atoms with Gasteiger partial charge in [-0.25, -0.2) is 0 Å². The molecular weight excluding hydrogens is 292 g/mol. The zero-order chi connectivity index (χ0) is 13.1. The molecule has 98 valence electrons. The third-order valence-corrected chi connectivity index (χ3v) is 4.17. The Morgan fingerprint density at radius 3 is 2.94 bits per heavy atom. The monoisotopic (exact) mass is 310 g/mol. The maximum absolute atomic E-state index is 12.5. The van der Waals surface area contributed by atoms with Gasteiger partial charge in [0.2, 0.25) is 0 Å². The molecule has 1 atom stereocenters. The maximum atomic E-state index is 12.5. The standard InChI is InChI=1S/C14H19BrN2O/c1-16(2)12-6-3-5-11(9-12)14(18)17-8-4-7-13(17)10-15/h3,5-6,9,13H,4,7-8,10H2,1-2H3. The largest absolute Gasteiger partial charge is 0.378 e. The minimum atomic E-state index is 0.153. The summed E-state index contributed by atoms with van der Waals surface area (Å²) in [7, 11) is 3.97. The van der Waals surface area contributed by atoms with E-state index in [0.717, 1.165) is 36.0 Å². The second-order valence-corrected chi connectivity index (χ2v) is 5.54. The van der Waals surface area contributed by atoms with Crippen LogP contribution >= 0.6 is 15.9 Å². The van der Waals surface area contributed by atoms with Crippen LogP contribution in [0.2, 0.25) is 0 Å². The van der Waals surface area contributed by atoms with E-state index in [-0.39, 0.29) is 5.91 Å². The molecule has 1 aliphatic heterocycles. The van der Waals surface area contributed by atoms with Crippen molar-refractivity contribution in [2.75, 3.05) is 30.9 Å². The summed E-state index contributed by atoms with van der Waals surface area (Å²) in [5.41, 5.74) is 1.85. The molecule has 1 unspecified atom stereocenters. The van der Waals surface area contributed by atoms with Crippen LogP contribution in [0.15, 0.2) is 24.3 Å². The number of likely N-dealkylation sites (tertiary alicyclic amines) is 1. The van der Waals surface area contributed by atoms with Gasteiger partial charge in [-0.3, -0.25) is 4.79 Å². The Hall–Kier alpha value is -1.03. The van der Waals surface area contributed by atoms with Gasteiger partial charge in [-0.15, -0.1) is 0 Å². The normalized spacial score (nSPS) is 19.1. The van der Waals surface area contributed by atoms with Gasteiger partial charge in [-0.2, -0.15) is 0 Å². The third kappa shape index (κ3) is 2.69. The van der Waals surface area contributed by atoms with Crippen molar-refractivity contribution >= 4 is 27.5 Å². The zero-order valence-electron chi connectivity index (χ0n) is 10.9. The number of benzene rings is 1. The first-order valence-electron chi connectivity index (χ1n) is 6.28. The minimum Gasteiger partial charge on any atom is -0.378 e. The number of nitrogens with zero attached hydrogens (tertiary/aromatic N) is 2. The van der Waals surface area contributed by atoms with E-state index in [0.29, 0.717) is 6.04 Å². The van der Waals surface area contributed by atoms with Crippen LogP contribution in [0.4, 0.5) is 5.69 Å². The highest BCUT2D eigenvalue weighted by Gasteiger charge is 2.28. The third-order valence-electron chi connectivity index (χ3n) is 3.43. The predicted molar refractivity (Wildman–Crippen MR) is 78.6 cm³/mol. The maximum Gasteiger partial charge on any atom is 0.254 e. The summed E-state index contributed by atoms with van der Waals surface area (Å²) in [6.07, 6.45) is 2.21. The lowest BCUT2D eigenvalue weighted by Gasteiger charge is -2.23. The lowest BCUT2D eigenvalue weighted by Crippen LogP contribution is -2.36. The number of hydrogen-bond acceptors (Lipinski definition) is 2. The van der Waals surface area contributed by atoms with E-state index in [1.807, 2.05) is 48.2 Å². The Balaban J connectivity index is 2.20. The molecule has 1 aliphatic rings. The van der Waals surface area contributed by atoms with Crippen LogP contribution in [0.25, 0.3) is 0 Å². The topological polar surface area (TPSA) is 23.6 Å². The fourth-order valence-electron chi connectivity index (χ4n) is 2.35. The van der Waals surface area contributed by atoms with Crippen LogP contribution in [0, 0.1) is 0 Å². The van der Waals surface area contributed by atoms with E-state index in [4.69, 9.17) is 0 Å². The van der Waals surface area contributed by atoms with Crippen LogP contribution in [-0.2, 0) is 0 Å². The number of hydrogen-bond donors (Lipinski definition) is 0. The van der Waals surface area contributed by atoms with E-state index in [1.54, 1.807) is 0 Å². The van der Waals surface area contributed by atoms with Gasteiger partial charge in [-0.05, 0) is 31.0 Å². The molecule has 1 aromatic carbocycles. The molecule has 0 spiro atoms. The van der Waals surface area contributed by atoms with Gasteiger partial charge in [-0.1, -0.05) is 22.0 Å². The molecule has 4 heteroatoms. The molecule has 1 aromatic rings. The molecule has 1 saturated heterocycles. The van der Waals surface area contributed by atoms with Crippen molar-refractivity contribution in [3.8, 4) is 0 Å². The van der Waals surface area contributed by atoms with Crippen molar-refractivity contribution in [2.24, 2.45) is 0 Å². The van der Waals surface area contributed by atoms with Crippen molar-refractivity contribution < 1.29 is 4.79 Å². The molecule has 1 heterocycles. The summed E-state index contributed by atoms with van der Waals surface area (Å²) in [5.74, 6) is 0.153. The number of alkyl halides is 1. The lowest BCUT2D eigenvalue weighted by molar-refractivity contribution is 0.0750. The van der Waals surface area contributed by atoms with Gasteiger partial charge in [0.25, 0.3) is 5.91 Å². The Morgan fingerprint density at radius 2 is 2.28 bits per heavy atom. The highest BCUT2D eigenvalue weighted by Crippen LogP contribution is 2.23. The summed E-state index contributed by atoms with van der Waals surface area (Å²) in [6, 6.07) is 8.18. The van der Waals surface area contributed by atoms with Crippen molar-refractivity contribution in [2.45, 2.75) is 18.9 Å². The van der Waals surface area contributed by atoms with Crippen molar-refractivity contribution in [1.82, 2.24) is 4.90 Å². The van der Waals surface area contributed by atoms with Crippen molar-refractivity contribution in [3.05, 3.63) is 29.8 Å². The number of carbonyl (C=O) groups is 1.